The number of Topliss-reactive ketones (excluding diaryl/α,β-unsaturated/α-hetero) is 1. The minimum absolute atomic E-state index is 0.178. The highest BCUT2D eigenvalue weighted by Gasteiger charge is 2.38. The highest BCUT2D eigenvalue weighted by Crippen LogP contribution is 2.36. The average molecular weight is 246 g/mol. The fraction of sp³-hybridized carbons (Fsp3) is 0.467. The molecule has 0 amide bonds. The Morgan fingerprint density at radius 2 is 1.94 bits per heavy atom. The molecule has 1 fully saturated rings. The van der Waals surface area contributed by atoms with Crippen LogP contribution in [0, 0.1) is 5.41 Å². The lowest BCUT2D eigenvalue weighted by Crippen LogP contribution is -2.39. The van der Waals surface area contributed by atoms with Crippen molar-refractivity contribution < 1.29 is 14.3 Å². The van der Waals surface area contributed by atoms with Gasteiger partial charge >= 0.3 is 5.97 Å². The molecule has 0 N–H and O–H groups in total. The van der Waals surface area contributed by atoms with Crippen LogP contribution in [-0.2, 0) is 9.53 Å². The van der Waals surface area contributed by atoms with Crippen LogP contribution in [-0.4, -0.2) is 17.9 Å². The number of hydrogen-bond donors (Lipinski definition) is 0. The summed E-state index contributed by atoms with van der Waals surface area (Å²) in [5.74, 6) is -0.0463. The topological polar surface area (TPSA) is 43.4 Å². The van der Waals surface area contributed by atoms with Crippen molar-refractivity contribution >= 4 is 11.8 Å². The van der Waals surface area contributed by atoms with E-state index in [0.717, 1.165) is 0 Å². The summed E-state index contributed by atoms with van der Waals surface area (Å²) in [5.41, 5.74) is 0.296. The molecule has 0 saturated heterocycles. The van der Waals surface area contributed by atoms with Crippen molar-refractivity contribution in [3.8, 4) is 0 Å². The summed E-state index contributed by atoms with van der Waals surface area (Å²) in [4.78, 5) is 23.4. The monoisotopic (exact) mass is 246 g/mol. The van der Waals surface area contributed by atoms with Gasteiger partial charge in [-0.15, -0.1) is 0 Å². The lowest BCUT2D eigenvalue weighted by atomic mass is 9.74. The van der Waals surface area contributed by atoms with Crippen LogP contribution in [0.25, 0.3) is 0 Å². The summed E-state index contributed by atoms with van der Waals surface area (Å²) in [6.45, 7) is 3.96. The maximum atomic E-state index is 12.0. The van der Waals surface area contributed by atoms with Gasteiger partial charge in [-0.25, -0.2) is 4.79 Å². The molecule has 18 heavy (non-hydrogen) atoms. The third-order valence-corrected chi connectivity index (χ3v) is 3.47. The zero-order chi connectivity index (χ0) is 13.2. The second-order valence-electron chi connectivity index (χ2n) is 5.50. The number of benzene rings is 1. The van der Waals surface area contributed by atoms with Gasteiger partial charge in [-0.3, -0.25) is 4.79 Å². The SMILES string of the molecule is CC1(C)CC(=O)CCC1OC(=O)c1ccccc1. The van der Waals surface area contributed by atoms with E-state index in [0.29, 0.717) is 24.8 Å². The lowest BCUT2D eigenvalue weighted by molar-refractivity contribution is -0.128. The Balaban J connectivity index is 2.05. The predicted molar refractivity (Wildman–Crippen MR) is 68.3 cm³/mol. The van der Waals surface area contributed by atoms with Crippen LogP contribution in [0.4, 0.5) is 0 Å². The zero-order valence-corrected chi connectivity index (χ0v) is 10.8. The van der Waals surface area contributed by atoms with Crippen LogP contribution in [0.3, 0.4) is 0 Å². The second-order valence-corrected chi connectivity index (χ2v) is 5.50. The van der Waals surface area contributed by atoms with Crippen LogP contribution in [0.1, 0.15) is 43.5 Å². The molecule has 1 aliphatic carbocycles. The molecule has 0 spiro atoms. The lowest BCUT2D eigenvalue weighted by Gasteiger charge is -2.36. The van der Waals surface area contributed by atoms with E-state index >= 15 is 0 Å². The van der Waals surface area contributed by atoms with Gasteiger partial charge in [-0.1, -0.05) is 32.0 Å². The highest BCUT2D eigenvalue weighted by molar-refractivity contribution is 5.89. The molecule has 0 heterocycles. The van der Waals surface area contributed by atoms with E-state index < -0.39 is 0 Å². The van der Waals surface area contributed by atoms with Gasteiger partial charge in [0.15, 0.2) is 0 Å². The number of rotatable bonds is 2. The number of ketones is 1. The summed E-state index contributed by atoms with van der Waals surface area (Å²) in [7, 11) is 0. The van der Waals surface area contributed by atoms with E-state index in [1.807, 2.05) is 32.0 Å². The normalized spacial score (nSPS) is 22.6. The van der Waals surface area contributed by atoms with Gasteiger partial charge in [0.2, 0.25) is 0 Å². The summed E-state index contributed by atoms with van der Waals surface area (Å²) in [5, 5.41) is 0. The van der Waals surface area contributed by atoms with Crippen molar-refractivity contribution in [2.45, 2.75) is 39.2 Å². The van der Waals surface area contributed by atoms with E-state index in [9.17, 15) is 9.59 Å². The van der Waals surface area contributed by atoms with E-state index in [-0.39, 0.29) is 23.3 Å². The first-order chi connectivity index (χ1) is 8.49. The van der Waals surface area contributed by atoms with Gasteiger partial charge in [0.05, 0.1) is 5.56 Å². The van der Waals surface area contributed by atoms with Crippen molar-refractivity contribution in [1.82, 2.24) is 0 Å². The molecule has 1 aromatic rings. The maximum absolute atomic E-state index is 12.0. The Bertz CT molecular complexity index is 448. The zero-order valence-electron chi connectivity index (χ0n) is 10.8. The first-order valence-corrected chi connectivity index (χ1v) is 6.27. The number of carbonyl (C=O) groups is 2. The van der Waals surface area contributed by atoms with Gasteiger partial charge < -0.3 is 4.74 Å². The van der Waals surface area contributed by atoms with Crippen LogP contribution >= 0.6 is 0 Å². The summed E-state index contributed by atoms with van der Waals surface area (Å²) in [6.07, 6.45) is 1.45. The van der Waals surface area contributed by atoms with Gasteiger partial charge in [0.1, 0.15) is 11.9 Å². The predicted octanol–water partition coefficient (Wildman–Crippen LogP) is 2.99. The molecule has 1 unspecified atom stereocenters. The molecule has 0 bridgehead atoms. The van der Waals surface area contributed by atoms with Crippen LogP contribution in [0.15, 0.2) is 30.3 Å². The molecule has 96 valence electrons. The van der Waals surface area contributed by atoms with Crippen LogP contribution < -0.4 is 0 Å². The molecular weight excluding hydrogens is 228 g/mol. The first-order valence-electron chi connectivity index (χ1n) is 6.27. The number of ether oxygens (including phenoxy) is 1. The highest BCUT2D eigenvalue weighted by atomic mass is 16.5. The third-order valence-electron chi connectivity index (χ3n) is 3.47. The van der Waals surface area contributed by atoms with Crippen molar-refractivity contribution in [3.63, 3.8) is 0 Å². The molecule has 1 atom stereocenters. The maximum Gasteiger partial charge on any atom is 0.338 e. The molecule has 0 aromatic heterocycles. The molecule has 1 aliphatic rings. The minimum atomic E-state index is -0.303. The molecule has 3 heteroatoms. The summed E-state index contributed by atoms with van der Waals surface area (Å²) in [6, 6.07) is 8.96. The van der Waals surface area contributed by atoms with Gasteiger partial charge in [-0.05, 0) is 18.6 Å². The Kier molecular flexibility index (Phi) is 3.50. The van der Waals surface area contributed by atoms with Crippen molar-refractivity contribution in [2.75, 3.05) is 0 Å². The average Bonchev–Trinajstić information content (AvgIpc) is 2.33. The molecule has 1 aromatic carbocycles. The van der Waals surface area contributed by atoms with Crippen molar-refractivity contribution in [1.29, 1.82) is 0 Å². The molecule has 1 saturated carbocycles. The Labute approximate surface area is 107 Å². The molecular formula is C15H18O3. The van der Waals surface area contributed by atoms with Gasteiger partial charge in [0.25, 0.3) is 0 Å². The Morgan fingerprint density at radius 1 is 1.28 bits per heavy atom. The van der Waals surface area contributed by atoms with Crippen molar-refractivity contribution in [3.05, 3.63) is 35.9 Å². The molecule has 0 radical (unpaired) electrons. The largest absolute Gasteiger partial charge is 0.458 e. The van der Waals surface area contributed by atoms with E-state index in [4.69, 9.17) is 4.74 Å². The summed E-state index contributed by atoms with van der Waals surface area (Å²) >= 11 is 0. The fourth-order valence-electron chi connectivity index (χ4n) is 2.38. The quantitative estimate of drug-likeness (QED) is 0.753. The fourth-order valence-corrected chi connectivity index (χ4v) is 2.38. The standard InChI is InChI=1S/C15H18O3/c1-15(2)10-12(16)8-9-13(15)18-14(17)11-6-4-3-5-7-11/h3-7,13H,8-10H2,1-2H3. The van der Waals surface area contributed by atoms with E-state index in [2.05, 4.69) is 0 Å². The van der Waals surface area contributed by atoms with E-state index in [1.165, 1.54) is 0 Å². The molecule has 3 nitrogen and oxygen atoms in total. The van der Waals surface area contributed by atoms with Crippen LogP contribution in [0.5, 0.6) is 0 Å². The Morgan fingerprint density at radius 3 is 2.56 bits per heavy atom. The second kappa shape index (κ2) is 4.92. The minimum Gasteiger partial charge on any atom is -0.458 e. The van der Waals surface area contributed by atoms with Gasteiger partial charge in [0, 0.05) is 18.3 Å². The smallest absolute Gasteiger partial charge is 0.338 e. The summed E-state index contributed by atoms with van der Waals surface area (Å²) < 4.78 is 5.55. The molecule has 2 rings (SSSR count). The molecule has 0 aliphatic heterocycles. The number of esters is 1. The Hall–Kier alpha value is -1.64. The van der Waals surface area contributed by atoms with E-state index in [1.54, 1.807) is 12.1 Å². The van der Waals surface area contributed by atoms with Crippen molar-refractivity contribution in [2.24, 2.45) is 5.41 Å². The van der Waals surface area contributed by atoms with Gasteiger partial charge in [-0.2, -0.15) is 0 Å². The third kappa shape index (κ3) is 2.78. The van der Waals surface area contributed by atoms with Crippen LogP contribution in [0.2, 0.25) is 0 Å². The number of carbonyl (C=O) groups excluding carboxylic acids is 2. The first kappa shape index (κ1) is 12.8. The number of hydrogen-bond acceptors (Lipinski definition) is 3.